The van der Waals surface area contributed by atoms with Gasteiger partial charge in [-0.1, -0.05) is 12.1 Å². The van der Waals surface area contributed by atoms with Crippen molar-refractivity contribution in [2.75, 3.05) is 27.9 Å². The van der Waals surface area contributed by atoms with E-state index in [4.69, 9.17) is 24.1 Å². The van der Waals surface area contributed by atoms with Gasteiger partial charge in [0, 0.05) is 6.07 Å². The number of carbonyl (C=O) groups is 2. The largest absolute Gasteiger partial charge is 0.497 e. The van der Waals surface area contributed by atoms with Crippen LogP contribution in [-0.2, 0) is 4.79 Å². The number of allylic oxidation sites excluding steroid dienone is 1. The monoisotopic (exact) mass is 372 g/mol. The summed E-state index contributed by atoms with van der Waals surface area (Å²) < 4.78 is 20.7. The fourth-order valence-electron chi connectivity index (χ4n) is 2.31. The molecule has 0 saturated carbocycles. The Labute approximate surface area is 156 Å². The van der Waals surface area contributed by atoms with E-state index in [1.165, 1.54) is 27.4 Å². The van der Waals surface area contributed by atoms with Gasteiger partial charge in [0.2, 0.25) is 0 Å². The highest BCUT2D eigenvalue weighted by atomic mass is 16.5. The smallest absolute Gasteiger partial charge is 0.341 e. The van der Waals surface area contributed by atoms with Crippen molar-refractivity contribution in [3.05, 3.63) is 53.6 Å². The molecule has 2 aromatic carbocycles. The van der Waals surface area contributed by atoms with Crippen LogP contribution in [0.4, 0.5) is 0 Å². The molecule has 0 spiro atoms. The highest BCUT2D eigenvalue weighted by Gasteiger charge is 2.11. The molecule has 0 amide bonds. The van der Waals surface area contributed by atoms with Gasteiger partial charge in [0.15, 0.2) is 23.9 Å². The van der Waals surface area contributed by atoms with Gasteiger partial charge in [-0.3, -0.25) is 4.79 Å². The van der Waals surface area contributed by atoms with Gasteiger partial charge in [-0.15, -0.1) is 0 Å². The first kappa shape index (κ1) is 19.8. The molecule has 2 rings (SSSR count). The number of hydrogen-bond donors (Lipinski definition) is 1. The first-order valence-corrected chi connectivity index (χ1v) is 7.95. The predicted octanol–water partition coefficient (Wildman–Crippen LogP) is 3.07. The Kier molecular flexibility index (Phi) is 6.82. The molecule has 27 heavy (non-hydrogen) atoms. The second kappa shape index (κ2) is 9.28. The first-order chi connectivity index (χ1) is 13.0. The van der Waals surface area contributed by atoms with Crippen LogP contribution >= 0.6 is 0 Å². The molecule has 142 valence electrons. The maximum absolute atomic E-state index is 12.5. The molecule has 0 heterocycles. The Balaban J connectivity index is 2.19. The summed E-state index contributed by atoms with van der Waals surface area (Å²) in [6.45, 7) is -0.471. The van der Waals surface area contributed by atoms with E-state index < -0.39 is 12.6 Å². The molecule has 1 N–H and O–H groups in total. The minimum Gasteiger partial charge on any atom is -0.497 e. The predicted molar refractivity (Wildman–Crippen MR) is 99.0 cm³/mol. The van der Waals surface area contributed by atoms with Crippen molar-refractivity contribution in [3.8, 4) is 23.0 Å². The molecule has 0 bridgehead atoms. The van der Waals surface area contributed by atoms with Crippen LogP contribution < -0.4 is 18.9 Å². The number of benzene rings is 2. The summed E-state index contributed by atoms with van der Waals surface area (Å²) in [5.41, 5.74) is 1.10. The fraction of sp³-hybridized carbons (Fsp3) is 0.200. The van der Waals surface area contributed by atoms with Crippen molar-refractivity contribution < 1.29 is 33.6 Å². The van der Waals surface area contributed by atoms with Gasteiger partial charge >= 0.3 is 5.97 Å². The van der Waals surface area contributed by atoms with E-state index in [9.17, 15) is 9.59 Å². The molecular formula is C20H20O7. The minimum atomic E-state index is -1.08. The summed E-state index contributed by atoms with van der Waals surface area (Å²) in [6, 6.07) is 9.87. The molecule has 0 aliphatic heterocycles. The molecule has 0 aliphatic carbocycles. The summed E-state index contributed by atoms with van der Waals surface area (Å²) >= 11 is 0. The van der Waals surface area contributed by atoms with E-state index in [1.54, 1.807) is 42.5 Å². The maximum atomic E-state index is 12.5. The third kappa shape index (κ3) is 5.24. The second-order valence-corrected chi connectivity index (χ2v) is 5.36. The highest BCUT2D eigenvalue weighted by Crippen LogP contribution is 2.29. The summed E-state index contributed by atoms with van der Waals surface area (Å²) in [5, 5.41) is 8.69. The molecule has 0 unspecified atom stereocenters. The Morgan fingerprint density at radius 2 is 1.67 bits per heavy atom. The van der Waals surface area contributed by atoms with Crippen molar-refractivity contribution in [1.29, 1.82) is 0 Å². The average Bonchev–Trinajstić information content (AvgIpc) is 2.69. The lowest BCUT2D eigenvalue weighted by Crippen LogP contribution is -2.10. The molecule has 0 radical (unpaired) electrons. The van der Waals surface area contributed by atoms with Crippen LogP contribution in [0.3, 0.4) is 0 Å². The summed E-state index contributed by atoms with van der Waals surface area (Å²) in [7, 11) is 4.47. The number of carboxylic acids is 1. The number of carbonyl (C=O) groups excluding carboxylic acids is 1. The molecule has 0 aliphatic rings. The van der Waals surface area contributed by atoms with Gasteiger partial charge in [0.25, 0.3) is 0 Å². The lowest BCUT2D eigenvalue weighted by Gasteiger charge is -2.10. The van der Waals surface area contributed by atoms with Crippen molar-refractivity contribution in [1.82, 2.24) is 0 Å². The molecule has 0 atom stereocenters. The van der Waals surface area contributed by atoms with E-state index >= 15 is 0 Å². The normalized spacial score (nSPS) is 10.5. The van der Waals surface area contributed by atoms with Gasteiger partial charge in [-0.25, -0.2) is 4.79 Å². The standard InChI is InChI=1S/C20H20O7/c1-24-14-6-7-15(18(11-14)25-2)16(21)8-4-13-5-9-17(19(10-13)26-3)27-12-20(22)23/h4-11H,12H2,1-3H3,(H,22,23)/b8-4+. The molecular weight excluding hydrogens is 352 g/mol. The lowest BCUT2D eigenvalue weighted by atomic mass is 10.1. The van der Waals surface area contributed by atoms with Crippen LogP contribution in [-0.4, -0.2) is 44.8 Å². The zero-order valence-corrected chi connectivity index (χ0v) is 15.2. The molecule has 0 saturated heterocycles. The zero-order chi connectivity index (χ0) is 19.8. The van der Waals surface area contributed by atoms with Crippen LogP contribution in [0.2, 0.25) is 0 Å². The SMILES string of the molecule is COc1ccc(C(=O)/C=C/c2ccc(OCC(=O)O)c(OC)c2)c(OC)c1. The summed E-state index contributed by atoms with van der Waals surface area (Å²) in [6.07, 6.45) is 3.03. The minimum absolute atomic E-state index is 0.236. The summed E-state index contributed by atoms with van der Waals surface area (Å²) in [5.74, 6) is 0.362. The van der Waals surface area contributed by atoms with Crippen molar-refractivity contribution in [2.24, 2.45) is 0 Å². The van der Waals surface area contributed by atoms with Gasteiger partial charge in [0.1, 0.15) is 11.5 Å². The number of ether oxygens (including phenoxy) is 4. The summed E-state index contributed by atoms with van der Waals surface area (Å²) in [4.78, 5) is 23.1. The molecule has 7 heteroatoms. The Bertz CT molecular complexity index is 855. The zero-order valence-electron chi connectivity index (χ0n) is 15.2. The van der Waals surface area contributed by atoms with Gasteiger partial charge in [0.05, 0.1) is 26.9 Å². The fourth-order valence-corrected chi connectivity index (χ4v) is 2.31. The Morgan fingerprint density at radius 1 is 0.926 bits per heavy atom. The third-order valence-electron chi connectivity index (χ3n) is 3.64. The number of rotatable bonds is 9. The first-order valence-electron chi connectivity index (χ1n) is 7.95. The van der Waals surface area contributed by atoms with E-state index in [1.807, 2.05) is 0 Å². The van der Waals surface area contributed by atoms with Crippen LogP contribution in [0.15, 0.2) is 42.5 Å². The van der Waals surface area contributed by atoms with Crippen LogP contribution in [0.5, 0.6) is 23.0 Å². The van der Waals surface area contributed by atoms with Gasteiger partial charge in [-0.05, 0) is 35.9 Å². The van der Waals surface area contributed by atoms with E-state index in [2.05, 4.69) is 0 Å². The van der Waals surface area contributed by atoms with Crippen molar-refractivity contribution in [3.63, 3.8) is 0 Å². The lowest BCUT2D eigenvalue weighted by molar-refractivity contribution is -0.139. The van der Waals surface area contributed by atoms with Crippen LogP contribution in [0.25, 0.3) is 6.08 Å². The number of ketones is 1. The number of aliphatic carboxylic acids is 1. The number of methoxy groups -OCH3 is 3. The maximum Gasteiger partial charge on any atom is 0.341 e. The van der Waals surface area contributed by atoms with E-state index in [-0.39, 0.29) is 5.78 Å². The van der Waals surface area contributed by atoms with E-state index in [0.717, 1.165) is 0 Å². The molecule has 7 nitrogen and oxygen atoms in total. The van der Waals surface area contributed by atoms with Crippen molar-refractivity contribution in [2.45, 2.75) is 0 Å². The highest BCUT2D eigenvalue weighted by molar-refractivity contribution is 6.08. The number of hydrogen-bond acceptors (Lipinski definition) is 6. The average molecular weight is 372 g/mol. The van der Waals surface area contributed by atoms with Crippen LogP contribution in [0, 0.1) is 0 Å². The third-order valence-corrected chi connectivity index (χ3v) is 3.64. The molecule has 0 aromatic heterocycles. The molecule has 2 aromatic rings. The topological polar surface area (TPSA) is 91.3 Å². The van der Waals surface area contributed by atoms with Crippen molar-refractivity contribution >= 4 is 17.8 Å². The quantitative estimate of drug-likeness (QED) is 0.534. The Hall–Kier alpha value is -3.48. The molecule has 0 fully saturated rings. The van der Waals surface area contributed by atoms with Gasteiger partial charge in [-0.2, -0.15) is 0 Å². The van der Waals surface area contributed by atoms with E-state index in [0.29, 0.717) is 34.1 Å². The van der Waals surface area contributed by atoms with Crippen LogP contribution in [0.1, 0.15) is 15.9 Å². The second-order valence-electron chi connectivity index (χ2n) is 5.36. The van der Waals surface area contributed by atoms with Gasteiger partial charge < -0.3 is 24.1 Å². The number of carboxylic acid groups (broad SMARTS) is 1. The Morgan fingerprint density at radius 3 is 2.30 bits per heavy atom.